The molecule has 2 aromatic rings. The second-order valence-corrected chi connectivity index (χ2v) is 4.87. The van der Waals surface area contributed by atoms with Crippen LogP contribution in [0.2, 0.25) is 0 Å². The molecule has 0 radical (unpaired) electrons. The van der Waals surface area contributed by atoms with Crippen molar-refractivity contribution in [1.82, 2.24) is 0 Å². The number of hydrogen-bond donors (Lipinski definition) is 0. The van der Waals surface area contributed by atoms with Crippen molar-refractivity contribution in [2.75, 3.05) is 6.61 Å². The van der Waals surface area contributed by atoms with Gasteiger partial charge in [-0.3, -0.25) is 0 Å². The summed E-state index contributed by atoms with van der Waals surface area (Å²) in [6, 6.07) is 3.39. The molecule has 0 atom stereocenters. The highest BCUT2D eigenvalue weighted by Gasteiger charge is 2.08. The molecule has 0 bridgehead atoms. The maximum absolute atomic E-state index is 13.2. The van der Waals surface area contributed by atoms with Crippen molar-refractivity contribution in [3.8, 4) is 5.75 Å². The van der Waals surface area contributed by atoms with Crippen molar-refractivity contribution in [2.45, 2.75) is 6.92 Å². The molecule has 0 aliphatic heterocycles. The van der Waals surface area contributed by atoms with Crippen LogP contribution >= 0.6 is 33.9 Å². The predicted molar refractivity (Wildman–Crippen MR) is 65.7 cm³/mol. The van der Waals surface area contributed by atoms with Crippen molar-refractivity contribution in [3.05, 3.63) is 26.9 Å². The van der Waals surface area contributed by atoms with Crippen LogP contribution in [0.3, 0.4) is 0 Å². The Morgan fingerprint density at radius 2 is 2.29 bits per heavy atom. The van der Waals surface area contributed by atoms with E-state index in [1.54, 1.807) is 6.07 Å². The van der Waals surface area contributed by atoms with Crippen LogP contribution in [0.1, 0.15) is 6.92 Å². The van der Waals surface area contributed by atoms with Crippen molar-refractivity contribution in [3.63, 3.8) is 0 Å². The average molecular weight is 322 g/mol. The Morgan fingerprint density at radius 1 is 1.50 bits per heavy atom. The van der Waals surface area contributed by atoms with Gasteiger partial charge in [0, 0.05) is 19.0 Å². The first kappa shape index (κ1) is 10.2. The fraction of sp³-hybridized carbons (Fsp3) is 0.200. The smallest absolute Gasteiger partial charge is 0.137 e. The molecule has 2 rings (SSSR count). The third-order valence-corrected chi connectivity index (χ3v) is 3.63. The van der Waals surface area contributed by atoms with E-state index in [1.165, 1.54) is 11.3 Å². The Labute approximate surface area is 99.0 Å². The van der Waals surface area contributed by atoms with Crippen LogP contribution < -0.4 is 4.74 Å². The summed E-state index contributed by atoms with van der Waals surface area (Å²) < 4.78 is 20.2. The maximum Gasteiger partial charge on any atom is 0.137 e. The van der Waals surface area contributed by atoms with E-state index in [2.05, 4.69) is 0 Å². The minimum Gasteiger partial charge on any atom is -0.492 e. The van der Waals surface area contributed by atoms with Gasteiger partial charge in [0.25, 0.3) is 0 Å². The number of thiophene rings is 1. The Balaban J connectivity index is 2.61. The zero-order valence-electron chi connectivity index (χ0n) is 7.51. The number of ether oxygens (including phenoxy) is 1. The van der Waals surface area contributed by atoms with Gasteiger partial charge in [-0.1, -0.05) is 0 Å². The van der Waals surface area contributed by atoms with Crippen molar-refractivity contribution in [2.24, 2.45) is 0 Å². The molecule has 74 valence electrons. The predicted octanol–water partition coefficient (Wildman–Crippen LogP) is 4.04. The Kier molecular flexibility index (Phi) is 2.92. The van der Waals surface area contributed by atoms with Gasteiger partial charge in [-0.25, -0.2) is 4.39 Å². The molecule has 0 saturated carbocycles. The van der Waals surface area contributed by atoms with Gasteiger partial charge in [-0.05, 0) is 41.6 Å². The van der Waals surface area contributed by atoms with E-state index < -0.39 is 0 Å². The number of hydrogen-bond acceptors (Lipinski definition) is 2. The molecule has 1 heterocycles. The van der Waals surface area contributed by atoms with E-state index in [0.29, 0.717) is 10.2 Å². The van der Waals surface area contributed by atoms with E-state index >= 15 is 0 Å². The Morgan fingerprint density at radius 3 is 3.00 bits per heavy atom. The highest BCUT2D eigenvalue weighted by Crippen LogP contribution is 2.34. The van der Waals surface area contributed by atoms with Crippen LogP contribution in [0.4, 0.5) is 4.39 Å². The van der Waals surface area contributed by atoms with Gasteiger partial charge in [0.15, 0.2) is 0 Å². The van der Waals surface area contributed by atoms with Gasteiger partial charge in [-0.15, -0.1) is 11.3 Å². The Bertz CT molecular complexity index is 466. The molecule has 1 nitrogen and oxygen atoms in total. The van der Waals surface area contributed by atoms with Crippen LogP contribution in [0, 0.1) is 9.39 Å². The monoisotopic (exact) mass is 322 g/mol. The minimum atomic E-state index is -0.164. The van der Waals surface area contributed by atoms with E-state index in [4.69, 9.17) is 4.74 Å². The minimum absolute atomic E-state index is 0.164. The quantitative estimate of drug-likeness (QED) is 0.758. The lowest BCUT2D eigenvalue weighted by molar-refractivity contribution is 0.345. The molecule has 0 unspecified atom stereocenters. The summed E-state index contributed by atoms with van der Waals surface area (Å²) in [6.07, 6.45) is 0. The Hall–Kier alpha value is -0.360. The molecule has 4 heteroatoms. The molecule has 1 aromatic heterocycles. The molecule has 0 fully saturated rings. The first-order valence-corrected chi connectivity index (χ1v) is 6.17. The van der Waals surface area contributed by atoms with Gasteiger partial charge >= 0.3 is 0 Å². The van der Waals surface area contributed by atoms with E-state index in [0.717, 1.165) is 15.8 Å². The third-order valence-electron chi connectivity index (χ3n) is 1.88. The third kappa shape index (κ3) is 1.72. The summed E-state index contributed by atoms with van der Waals surface area (Å²) in [7, 11) is 0. The lowest BCUT2D eigenvalue weighted by Gasteiger charge is -2.00. The number of benzene rings is 1. The topological polar surface area (TPSA) is 9.23 Å². The van der Waals surface area contributed by atoms with Gasteiger partial charge in [0.2, 0.25) is 0 Å². The summed E-state index contributed by atoms with van der Waals surface area (Å²) in [6.45, 7) is 2.58. The second kappa shape index (κ2) is 4.02. The molecular weight excluding hydrogens is 314 g/mol. The van der Waals surface area contributed by atoms with Crippen LogP contribution in [-0.4, -0.2) is 6.61 Å². The molecule has 1 aromatic carbocycles. The SMILES string of the molecule is CCOc1csc2cc(F)c(I)cc12. The summed E-state index contributed by atoms with van der Waals surface area (Å²) in [5.41, 5.74) is 0. The van der Waals surface area contributed by atoms with E-state index in [1.807, 2.05) is 41.0 Å². The first-order valence-electron chi connectivity index (χ1n) is 4.21. The molecule has 0 saturated heterocycles. The van der Waals surface area contributed by atoms with E-state index in [-0.39, 0.29) is 5.82 Å². The normalized spacial score (nSPS) is 10.8. The lowest BCUT2D eigenvalue weighted by Crippen LogP contribution is -1.90. The van der Waals surface area contributed by atoms with E-state index in [9.17, 15) is 4.39 Å². The number of rotatable bonds is 2. The zero-order valence-corrected chi connectivity index (χ0v) is 10.5. The number of halogens is 2. The molecule has 0 spiro atoms. The van der Waals surface area contributed by atoms with Gasteiger partial charge in [0.05, 0.1) is 6.61 Å². The maximum atomic E-state index is 13.2. The van der Waals surface area contributed by atoms with Crippen molar-refractivity contribution < 1.29 is 9.13 Å². The zero-order chi connectivity index (χ0) is 10.1. The fourth-order valence-corrected chi connectivity index (χ4v) is 2.62. The summed E-state index contributed by atoms with van der Waals surface area (Å²) in [4.78, 5) is 0. The highest BCUT2D eigenvalue weighted by molar-refractivity contribution is 14.1. The molecule has 14 heavy (non-hydrogen) atoms. The van der Waals surface area contributed by atoms with Crippen molar-refractivity contribution >= 4 is 44.0 Å². The van der Waals surface area contributed by atoms with Crippen LogP contribution in [0.25, 0.3) is 10.1 Å². The molecular formula is C10H8FIOS. The molecule has 0 aliphatic carbocycles. The van der Waals surface area contributed by atoms with Crippen LogP contribution in [0.5, 0.6) is 5.75 Å². The molecule has 0 N–H and O–H groups in total. The lowest BCUT2D eigenvalue weighted by atomic mass is 10.2. The highest BCUT2D eigenvalue weighted by atomic mass is 127. The van der Waals surface area contributed by atoms with Crippen molar-refractivity contribution in [1.29, 1.82) is 0 Å². The second-order valence-electron chi connectivity index (χ2n) is 2.80. The van der Waals surface area contributed by atoms with Crippen LogP contribution in [-0.2, 0) is 0 Å². The fourth-order valence-electron chi connectivity index (χ4n) is 1.27. The summed E-state index contributed by atoms with van der Waals surface area (Å²) >= 11 is 3.50. The first-order chi connectivity index (χ1) is 6.72. The van der Waals surface area contributed by atoms with Gasteiger partial charge < -0.3 is 4.74 Å². The van der Waals surface area contributed by atoms with Gasteiger partial charge in [-0.2, -0.15) is 0 Å². The standard InChI is InChI=1S/C10H8FIOS/c1-2-13-9-5-14-10-4-7(11)8(12)3-6(9)10/h3-5H,2H2,1H3. The molecule has 0 amide bonds. The van der Waals surface area contributed by atoms with Gasteiger partial charge in [0.1, 0.15) is 11.6 Å². The molecule has 0 aliphatic rings. The largest absolute Gasteiger partial charge is 0.492 e. The summed E-state index contributed by atoms with van der Waals surface area (Å²) in [5.74, 6) is 0.688. The van der Waals surface area contributed by atoms with Crippen LogP contribution in [0.15, 0.2) is 17.5 Å². The number of fused-ring (bicyclic) bond motifs is 1. The average Bonchev–Trinajstić information content (AvgIpc) is 2.51. The summed E-state index contributed by atoms with van der Waals surface area (Å²) in [5, 5.41) is 2.92.